The minimum absolute atomic E-state index is 0.0140. The van der Waals surface area contributed by atoms with Gasteiger partial charge in [-0.15, -0.1) is 11.8 Å². The SMILES string of the molecule is CCS(=O)(=O)c1cccc(C(=O)N(CC2CCCO2)c2nc3ccc(SC)cc3s2)c1. The normalized spacial score (nSPS) is 16.6. The van der Waals surface area contributed by atoms with Crippen LogP contribution in [0.3, 0.4) is 0 Å². The number of amides is 1. The van der Waals surface area contributed by atoms with Crippen molar-refractivity contribution in [2.24, 2.45) is 0 Å². The number of ether oxygens (including phenoxy) is 1. The molecule has 0 N–H and O–H groups in total. The van der Waals surface area contributed by atoms with Crippen molar-refractivity contribution in [2.75, 3.05) is 30.1 Å². The molecule has 1 unspecified atom stereocenters. The lowest BCUT2D eigenvalue weighted by Gasteiger charge is -2.23. The first-order valence-corrected chi connectivity index (χ1v) is 13.8. The van der Waals surface area contributed by atoms with Crippen molar-refractivity contribution in [1.29, 1.82) is 0 Å². The summed E-state index contributed by atoms with van der Waals surface area (Å²) in [6.45, 7) is 2.67. The van der Waals surface area contributed by atoms with Crippen LogP contribution < -0.4 is 4.90 Å². The molecule has 1 aromatic heterocycles. The highest BCUT2D eigenvalue weighted by molar-refractivity contribution is 7.98. The maximum Gasteiger partial charge on any atom is 0.260 e. The molecule has 1 atom stereocenters. The van der Waals surface area contributed by atoms with E-state index >= 15 is 0 Å². The smallest absolute Gasteiger partial charge is 0.260 e. The Labute approximate surface area is 190 Å². The summed E-state index contributed by atoms with van der Waals surface area (Å²) in [5.41, 5.74) is 1.17. The maximum absolute atomic E-state index is 13.5. The number of thioether (sulfide) groups is 1. The number of hydrogen-bond donors (Lipinski definition) is 0. The molecule has 0 saturated carbocycles. The zero-order chi connectivity index (χ0) is 22.0. The minimum atomic E-state index is -3.41. The minimum Gasteiger partial charge on any atom is -0.376 e. The van der Waals surface area contributed by atoms with E-state index in [0.717, 1.165) is 28.0 Å². The van der Waals surface area contributed by atoms with Crippen molar-refractivity contribution in [3.8, 4) is 0 Å². The van der Waals surface area contributed by atoms with Gasteiger partial charge < -0.3 is 4.74 Å². The van der Waals surface area contributed by atoms with Crippen LogP contribution in [0.4, 0.5) is 5.13 Å². The fourth-order valence-electron chi connectivity index (χ4n) is 3.52. The van der Waals surface area contributed by atoms with Crippen LogP contribution in [0.1, 0.15) is 30.1 Å². The molecule has 2 aromatic carbocycles. The van der Waals surface area contributed by atoms with E-state index in [9.17, 15) is 13.2 Å². The number of carbonyl (C=O) groups excluding carboxylic acids is 1. The summed E-state index contributed by atoms with van der Waals surface area (Å²) < 4.78 is 31.4. The molecular formula is C22H24N2O4S3. The van der Waals surface area contributed by atoms with Crippen molar-refractivity contribution >= 4 is 54.2 Å². The number of aromatic nitrogens is 1. The molecule has 0 bridgehead atoms. The summed E-state index contributed by atoms with van der Waals surface area (Å²) in [7, 11) is -3.41. The van der Waals surface area contributed by atoms with Gasteiger partial charge in [0.25, 0.3) is 5.91 Å². The fourth-order valence-corrected chi connectivity index (χ4v) is 5.97. The second-order valence-electron chi connectivity index (χ2n) is 7.31. The number of benzene rings is 2. The van der Waals surface area contributed by atoms with E-state index in [1.165, 1.54) is 23.5 Å². The molecule has 0 aliphatic carbocycles. The van der Waals surface area contributed by atoms with Gasteiger partial charge in [0, 0.05) is 17.1 Å². The van der Waals surface area contributed by atoms with Crippen LogP contribution in [-0.4, -0.2) is 50.6 Å². The van der Waals surface area contributed by atoms with E-state index < -0.39 is 9.84 Å². The number of carbonyl (C=O) groups is 1. The number of sulfone groups is 1. The molecular weight excluding hydrogens is 452 g/mol. The van der Waals surface area contributed by atoms with Crippen LogP contribution in [0.25, 0.3) is 10.2 Å². The summed E-state index contributed by atoms with van der Waals surface area (Å²) in [6.07, 6.45) is 3.82. The first kappa shape index (κ1) is 22.3. The van der Waals surface area contributed by atoms with Crippen LogP contribution in [0.2, 0.25) is 0 Å². The molecule has 6 nitrogen and oxygen atoms in total. The summed E-state index contributed by atoms with van der Waals surface area (Å²) in [4.78, 5) is 21.2. The third kappa shape index (κ3) is 4.79. The van der Waals surface area contributed by atoms with E-state index in [0.29, 0.717) is 23.8 Å². The Bertz CT molecular complexity index is 1200. The summed E-state index contributed by atoms with van der Waals surface area (Å²) >= 11 is 3.12. The van der Waals surface area contributed by atoms with Gasteiger partial charge >= 0.3 is 0 Å². The summed E-state index contributed by atoms with van der Waals surface area (Å²) in [6, 6.07) is 12.3. The quantitative estimate of drug-likeness (QED) is 0.463. The average molecular weight is 477 g/mol. The van der Waals surface area contributed by atoms with E-state index in [2.05, 4.69) is 6.07 Å². The number of anilines is 1. The lowest BCUT2D eigenvalue weighted by atomic mass is 10.2. The lowest BCUT2D eigenvalue weighted by molar-refractivity contribution is 0.0917. The van der Waals surface area contributed by atoms with Crippen molar-refractivity contribution in [3.05, 3.63) is 48.0 Å². The number of nitrogens with zero attached hydrogens (tertiary/aromatic N) is 2. The Morgan fingerprint density at radius 3 is 2.84 bits per heavy atom. The standard InChI is InChI=1S/C22H24N2O4S3/c1-3-31(26,27)18-8-4-6-15(12-18)21(25)24(14-16-7-5-11-28-16)22-23-19-10-9-17(29-2)13-20(19)30-22/h4,6,8-10,12-13,16H,3,5,7,11,14H2,1-2H3. The van der Waals surface area contributed by atoms with Crippen molar-refractivity contribution in [3.63, 3.8) is 0 Å². The number of hydrogen-bond acceptors (Lipinski definition) is 7. The zero-order valence-electron chi connectivity index (χ0n) is 17.4. The number of rotatable bonds is 7. The number of fused-ring (bicyclic) bond motifs is 1. The fraction of sp³-hybridized carbons (Fsp3) is 0.364. The highest BCUT2D eigenvalue weighted by Crippen LogP contribution is 2.33. The van der Waals surface area contributed by atoms with E-state index in [1.807, 2.05) is 18.4 Å². The van der Waals surface area contributed by atoms with Crippen LogP contribution >= 0.6 is 23.1 Å². The van der Waals surface area contributed by atoms with Crippen LogP contribution in [0.5, 0.6) is 0 Å². The molecule has 3 aromatic rings. The van der Waals surface area contributed by atoms with Gasteiger partial charge in [0.15, 0.2) is 15.0 Å². The average Bonchev–Trinajstić information content (AvgIpc) is 3.46. The van der Waals surface area contributed by atoms with Crippen molar-refractivity contribution in [1.82, 2.24) is 4.98 Å². The summed E-state index contributed by atoms with van der Waals surface area (Å²) in [5.74, 6) is -0.285. The van der Waals surface area contributed by atoms with Crippen molar-refractivity contribution < 1.29 is 17.9 Å². The van der Waals surface area contributed by atoms with Gasteiger partial charge in [0.1, 0.15) is 0 Å². The van der Waals surface area contributed by atoms with Gasteiger partial charge in [-0.1, -0.05) is 24.3 Å². The first-order valence-electron chi connectivity index (χ1n) is 10.1. The van der Waals surface area contributed by atoms with Crippen LogP contribution in [0.15, 0.2) is 52.3 Å². The highest BCUT2D eigenvalue weighted by Gasteiger charge is 2.28. The monoisotopic (exact) mass is 476 g/mol. The molecule has 4 rings (SSSR count). The third-order valence-corrected chi connectivity index (χ3v) is 8.79. The van der Waals surface area contributed by atoms with Gasteiger partial charge in [0.05, 0.1) is 33.5 Å². The zero-order valence-corrected chi connectivity index (χ0v) is 19.9. The molecule has 1 amide bonds. The molecule has 0 spiro atoms. The van der Waals surface area contributed by atoms with Gasteiger partial charge in [0.2, 0.25) is 0 Å². The van der Waals surface area contributed by atoms with Gasteiger partial charge in [-0.3, -0.25) is 9.69 Å². The Hall–Kier alpha value is -1.94. The van der Waals surface area contributed by atoms with Gasteiger partial charge in [-0.2, -0.15) is 0 Å². The Morgan fingerprint density at radius 1 is 1.29 bits per heavy atom. The Balaban J connectivity index is 1.73. The predicted octanol–water partition coefficient (Wildman–Crippen LogP) is 4.64. The number of thiazole rings is 1. The largest absolute Gasteiger partial charge is 0.376 e. The van der Waals surface area contributed by atoms with Crippen molar-refractivity contribution in [2.45, 2.75) is 35.7 Å². The molecule has 164 valence electrons. The molecule has 1 fully saturated rings. The van der Waals surface area contributed by atoms with Crippen LogP contribution in [0, 0.1) is 0 Å². The highest BCUT2D eigenvalue weighted by atomic mass is 32.2. The van der Waals surface area contributed by atoms with Gasteiger partial charge in [-0.05, 0) is 55.5 Å². The Kier molecular flexibility index (Phi) is 6.66. The van der Waals surface area contributed by atoms with Crippen LogP contribution in [-0.2, 0) is 14.6 Å². The molecule has 9 heteroatoms. The Morgan fingerprint density at radius 2 is 2.13 bits per heavy atom. The molecule has 1 aliphatic rings. The lowest BCUT2D eigenvalue weighted by Crippen LogP contribution is -2.37. The van der Waals surface area contributed by atoms with E-state index in [-0.39, 0.29) is 22.7 Å². The topological polar surface area (TPSA) is 76.6 Å². The summed E-state index contributed by atoms with van der Waals surface area (Å²) in [5, 5.41) is 0.595. The van der Waals surface area contributed by atoms with Gasteiger partial charge in [-0.25, -0.2) is 13.4 Å². The molecule has 1 aliphatic heterocycles. The van der Waals surface area contributed by atoms with E-state index in [4.69, 9.17) is 9.72 Å². The second kappa shape index (κ2) is 9.28. The maximum atomic E-state index is 13.5. The molecule has 31 heavy (non-hydrogen) atoms. The molecule has 1 saturated heterocycles. The second-order valence-corrected chi connectivity index (χ2v) is 11.5. The third-order valence-electron chi connectivity index (χ3n) is 5.29. The molecule has 0 radical (unpaired) electrons. The van der Waals surface area contributed by atoms with E-state index in [1.54, 1.807) is 35.7 Å². The predicted molar refractivity (Wildman–Crippen MR) is 126 cm³/mol. The molecule has 2 heterocycles. The first-order chi connectivity index (χ1) is 14.9.